The van der Waals surface area contributed by atoms with Crippen molar-refractivity contribution in [3.63, 3.8) is 0 Å². The van der Waals surface area contributed by atoms with Gasteiger partial charge in [-0.2, -0.15) is 4.31 Å². The standard InChI is InChI=1S/C22H23Cl2N3O4S2/c1-30-17-7-6-15(19(13-17)31-2)12-16-14-32-22(25-16)26-8-10-27(11-9-26)33(28,29)20-5-3-4-18(23)21(20)24/h3-7,13-14H,8-12H2,1-2H3. The maximum Gasteiger partial charge on any atom is 0.244 e. The van der Waals surface area contributed by atoms with Crippen molar-refractivity contribution in [2.75, 3.05) is 45.3 Å². The van der Waals surface area contributed by atoms with E-state index >= 15 is 0 Å². The maximum atomic E-state index is 13.0. The van der Waals surface area contributed by atoms with Crippen LogP contribution < -0.4 is 14.4 Å². The molecule has 1 aliphatic heterocycles. The van der Waals surface area contributed by atoms with Gasteiger partial charge in [-0.1, -0.05) is 35.3 Å². The second-order valence-electron chi connectivity index (χ2n) is 7.42. The summed E-state index contributed by atoms with van der Waals surface area (Å²) < 4.78 is 38.3. The fraction of sp³-hybridized carbons (Fsp3) is 0.318. The Morgan fingerprint density at radius 1 is 1.06 bits per heavy atom. The van der Waals surface area contributed by atoms with E-state index in [1.165, 1.54) is 10.4 Å². The van der Waals surface area contributed by atoms with Gasteiger partial charge in [-0.25, -0.2) is 13.4 Å². The monoisotopic (exact) mass is 527 g/mol. The molecule has 1 fully saturated rings. The predicted molar refractivity (Wildman–Crippen MR) is 132 cm³/mol. The van der Waals surface area contributed by atoms with Crippen LogP contribution in [0.1, 0.15) is 11.3 Å². The molecule has 1 aromatic heterocycles. The molecule has 1 aliphatic rings. The summed E-state index contributed by atoms with van der Waals surface area (Å²) in [6.07, 6.45) is 0.630. The van der Waals surface area contributed by atoms with Gasteiger partial charge in [0, 0.05) is 49.6 Å². The number of rotatable bonds is 7. The molecule has 0 saturated carbocycles. The van der Waals surface area contributed by atoms with Crippen LogP contribution in [0.15, 0.2) is 46.7 Å². The number of halogens is 2. The van der Waals surface area contributed by atoms with Crippen molar-refractivity contribution in [3.8, 4) is 11.5 Å². The second kappa shape index (κ2) is 10.1. The molecule has 4 rings (SSSR count). The zero-order chi connectivity index (χ0) is 23.6. The minimum absolute atomic E-state index is 0.0371. The molecule has 0 unspecified atom stereocenters. The fourth-order valence-electron chi connectivity index (χ4n) is 3.66. The first-order chi connectivity index (χ1) is 15.8. The Morgan fingerprint density at radius 2 is 1.82 bits per heavy atom. The van der Waals surface area contributed by atoms with E-state index < -0.39 is 10.0 Å². The molecule has 0 atom stereocenters. The van der Waals surface area contributed by atoms with Crippen molar-refractivity contribution >= 4 is 49.7 Å². The van der Waals surface area contributed by atoms with E-state index in [0.29, 0.717) is 32.6 Å². The first-order valence-corrected chi connectivity index (χ1v) is 13.3. The van der Waals surface area contributed by atoms with E-state index in [4.69, 9.17) is 37.7 Å². The van der Waals surface area contributed by atoms with Gasteiger partial charge in [0.25, 0.3) is 0 Å². The lowest BCUT2D eigenvalue weighted by atomic mass is 10.1. The summed E-state index contributed by atoms with van der Waals surface area (Å²) in [5.74, 6) is 1.49. The lowest BCUT2D eigenvalue weighted by Gasteiger charge is -2.34. The number of nitrogens with zero attached hydrogens (tertiary/aromatic N) is 3. The Labute approximate surface area is 207 Å². The van der Waals surface area contributed by atoms with Gasteiger partial charge in [-0.05, 0) is 18.2 Å². The first kappa shape index (κ1) is 24.1. The lowest BCUT2D eigenvalue weighted by Crippen LogP contribution is -2.48. The largest absolute Gasteiger partial charge is 0.497 e. The molecule has 2 heterocycles. The van der Waals surface area contributed by atoms with Crippen LogP contribution in [0.3, 0.4) is 0 Å². The highest BCUT2D eigenvalue weighted by Crippen LogP contribution is 2.32. The molecular formula is C22H23Cl2N3O4S2. The molecule has 0 bridgehead atoms. The fourth-order valence-corrected chi connectivity index (χ4v) is 6.70. The van der Waals surface area contributed by atoms with E-state index in [9.17, 15) is 8.42 Å². The third-order valence-corrected chi connectivity index (χ3v) is 9.27. The Balaban J connectivity index is 1.43. The number of piperazine rings is 1. The number of aromatic nitrogens is 1. The molecule has 0 radical (unpaired) electrons. The topological polar surface area (TPSA) is 72.0 Å². The lowest BCUT2D eigenvalue weighted by molar-refractivity contribution is 0.384. The summed E-state index contributed by atoms with van der Waals surface area (Å²) in [5.41, 5.74) is 1.95. The number of methoxy groups -OCH3 is 2. The number of benzene rings is 2. The van der Waals surface area contributed by atoms with Crippen LogP contribution in [-0.4, -0.2) is 58.1 Å². The predicted octanol–water partition coefficient (Wildman–Crippen LogP) is 4.57. The van der Waals surface area contributed by atoms with E-state index in [-0.39, 0.29) is 14.9 Å². The smallest absolute Gasteiger partial charge is 0.244 e. The average Bonchev–Trinajstić information content (AvgIpc) is 3.29. The highest BCUT2D eigenvalue weighted by Gasteiger charge is 2.31. The Bertz CT molecular complexity index is 1240. The number of anilines is 1. The number of ether oxygens (including phenoxy) is 2. The van der Waals surface area contributed by atoms with E-state index in [2.05, 4.69) is 4.90 Å². The third kappa shape index (κ3) is 5.07. The van der Waals surface area contributed by atoms with Gasteiger partial charge in [-0.15, -0.1) is 11.3 Å². The summed E-state index contributed by atoms with van der Waals surface area (Å²) in [6.45, 7) is 1.76. The summed E-state index contributed by atoms with van der Waals surface area (Å²) in [7, 11) is -0.466. The van der Waals surface area contributed by atoms with Gasteiger partial charge in [-0.3, -0.25) is 0 Å². The Kier molecular flexibility index (Phi) is 7.35. The molecule has 7 nitrogen and oxygen atoms in total. The Hall–Kier alpha value is -2.04. The van der Waals surface area contributed by atoms with Crippen LogP contribution in [0, 0.1) is 0 Å². The third-order valence-electron chi connectivity index (χ3n) is 5.45. The summed E-state index contributed by atoms with van der Waals surface area (Å²) in [5, 5.41) is 3.17. The van der Waals surface area contributed by atoms with Crippen LogP contribution in [0.25, 0.3) is 0 Å². The normalized spacial score (nSPS) is 15.0. The van der Waals surface area contributed by atoms with Crippen LogP contribution in [-0.2, 0) is 16.4 Å². The number of hydrogen-bond donors (Lipinski definition) is 0. The van der Waals surface area contributed by atoms with Gasteiger partial charge in [0.2, 0.25) is 10.0 Å². The Morgan fingerprint density at radius 3 is 2.52 bits per heavy atom. The molecule has 33 heavy (non-hydrogen) atoms. The quantitative estimate of drug-likeness (QED) is 0.448. The SMILES string of the molecule is COc1ccc(Cc2csc(N3CCN(S(=O)(=O)c4cccc(Cl)c4Cl)CC3)n2)c(OC)c1. The van der Waals surface area contributed by atoms with Crippen molar-refractivity contribution in [1.29, 1.82) is 0 Å². The average molecular weight is 528 g/mol. The van der Waals surface area contributed by atoms with E-state index in [1.54, 1.807) is 37.7 Å². The van der Waals surface area contributed by atoms with E-state index in [0.717, 1.165) is 27.9 Å². The molecule has 3 aromatic rings. The van der Waals surface area contributed by atoms with Gasteiger partial charge < -0.3 is 14.4 Å². The van der Waals surface area contributed by atoms with Crippen LogP contribution in [0.2, 0.25) is 10.0 Å². The molecule has 1 saturated heterocycles. The maximum absolute atomic E-state index is 13.0. The number of sulfonamides is 1. The zero-order valence-corrected chi connectivity index (χ0v) is 21.3. The minimum atomic E-state index is -3.72. The minimum Gasteiger partial charge on any atom is -0.497 e. The summed E-state index contributed by atoms with van der Waals surface area (Å²) in [4.78, 5) is 6.91. The second-order valence-corrected chi connectivity index (χ2v) is 10.9. The van der Waals surface area contributed by atoms with Crippen molar-refractivity contribution in [2.45, 2.75) is 11.3 Å². The number of thiazole rings is 1. The molecular weight excluding hydrogens is 505 g/mol. The molecule has 0 aliphatic carbocycles. The van der Waals surface area contributed by atoms with Crippen molar-refractivity contribution < 1.29 is 17.9 Å². The number of hydrogen-bond acceptors (Lipinski definition) is 7. The van der Waals surface area contributed by atoms with Gasteiger partial charge in [0.05, 0.1) is 30.0 Å². The zero-order valence-electron chi connectivity index (χ0n) is 18.1. The van der Waals surface area contributed by atoms with Crippen molar-refractivity contribution in [2.24, 2.45) is 0 Å². The van der Waals surface area contributed by atoms with Crippen LogP contribution in [0.5, 0.6) is 11.5 Å². The van der Waals surface area contributed by atoms with Crippen LogP contribution in [0.4, 0.5) is 5.13 Å². The summed E-state index contributed by atoms with van der Waals surface area (Å²) in [6, 6.07) is 10.4. The van der Waals surface area contributed by atoms with Gasteiger partial charge in [0.15, 0.2) is 5.13 Å². The first-order valence-electron chi connectivity index (χ1n) is 10.2. The van der Waals surface area contributed by atoms with Gasteiger partial charge in [0.1, 0.15) is 16.4 Å². The molecule has 11 heteroatoms. The van der Waals surface area contributed by atoms with Crippen LogP contribution >= 0.6 is 34.5 Å². The summed E-state index contributed by atoms with van der Waals surface area (Å²) >= 11 is 13.7. The van der Waals surface area contributed by atoms with E-state index in [1.807, 2.05) is 23.6 Å². The molecule has 0 N–H and O–H groups in total. The van der Waals surface area contributed by atoms with Crippen molar-refractivity contribution in [3.05, 3.63) is 63.1 Å². The van der Waals surface area contributed by atoms with Gasteiger partial charge >= 0.3 is 0 Å². The molecule has 2 aromatic carbocycles. The highest BCUT2D eigenvalue weighted by atomic mass is 35.5. The molecule has 0 amide bonds. The van der Waals surface area contributed by atoms with Crippen molar-refractivity contribution in [1.82, 2.24) is 9.29 Å². The molecule has 0 spiro atoms. The molecule has 176 valence electrons. The highest BCUT2D eigenvalue weighted by molar-refractivity contribution is 7.89.